The quantitative estimate of drug-likeness (QED) is 0.133. The van der Waals surface area contributed by atoms with Crippen molar-refractivity contribution in [1.82, 2.24) is 0 Å². The summed E-state index contributed by atoms with van der Waals surface area (Å²) in [6, 6.07) is 11.3. The first-order valence-electron chi connectivity index (χ1n) is 8.18. The van der Waals surface area contributed by atoms with Crippen molar-refractivity contribution < 1.29 is 36.2 Å². The topological polar surface area (TPSA) is 165 Å². The number of rotatable bonds is 7. The van der Waals surface area contributed by atoms with E-state index in [2.05, 4.69) is 15.8 Å². The molecule has 160 valence electrons. The fourth-order valence-electron chi connectivity index (χ4n) is 2.03. The molecule has 12 heteroatoms. The van der Waals surface area contributed by atoms with Gasteiger partial charge in [-0.3, -0.25) is 10.1 Å². The molecule has 3 N–H and O–H groups in total. The molecule has 30 heavy (non-hydrogen) atoms. The number of carbonyl (C=O) groups is 2. The number of nitrogens with zero attached hydrogens (tertiary/aromatic N) is 1. The first-order valence-corrected chi connectivity index (χ1v) is 11.5. The van der Waals surface area contributed by atoms with Gasteiger partial charge in [0.25, 0.3) is 5.69 Å². The number of amides is 1. The van der Waals surface area contributed by atoms with E-state index in [1.165, 1.54) is 55.5 Å². The van der Waals surface area contributed by atoms with E-state index in [-0.39, 0.29) is 28.1 Å². The monoisotopic (exact) mass is 482 g/mol. The molecule has 2 aromatic carbocycles. The molecule has 0 bridgehead atoms. The van der Waals surface area contributed by atoms with Crippen molar-refractivity contribution in [3.8, 4) is 0 Å². The first-order chi connectivity index (χ1) is 14.1. The predicted molar refractivity (Wildman–Crippen MR) is 106 cm³/mol. The molecule has 0 fully saturated rings. The maximum absolute atomic E-state index is 11.4. The molecule has 1 amide bonds. The fraction of sp³-hybridized carbons (Fsp3) is 0.111. The zero-order valence-corrected chi connectivity index (χ0v) is 17.6. The molecule has 11 nitrogen and oxygen atoms in total. The summed E-state index contributed by atoms with van der Waals surface area (Å²) in [7, 11) is 0. The number of nitro groups is 1. The van der Waals surface area contributed by atoms with Gasteiger partial charge in [0.1, 0.15) is 12.2 Å². The first kappa shape index (κ1) is 24.8. The Labute approximate surface area is 174 Å². The van der Waals surface area contributed by atoms with Gasteiger partial charge >= 0.3 is 94.4 Å². The summed E-state index contributed by atoms with van der Waals surface area (Å²) in [6.45, 7) is 4.72. The van der Waals surface area contributed by atoms with Crippen LogP contribution < -0.4 is 9.67 Å². The molecule has 0 saturated carbocycles. The second-order valence-corrected chi connectivity index (χ2v) is 9.10. The van der Waals surface area contributed by atoms with Crippen LogP contribution in [0.3, 0.4) is 0 Å². The number of esters is 1. The van der Waals surface area contributed by atoms with Crippen LogP contribution in [0.1, 0.15) is 17.3 Å². The van der Waals surface area contributed by atoms with Gasteiger partial charge in [0, 0.05) is 6.07 Å². The van der Waals surface area contributed by atoms with E-state index >= 15 is 0 Å². The van der Waals surface area contributed by atoms with E-state index in [0.29, 0.717) is 5.69 Å². The number of nitrogens with one attached hydrogen (secondary N) is 1. The van der Waals surface area contributed by atoms with Crippen LogP contribution in [-0.2, 0) is 17.1 Å². The fourth-order valence-corrected chi connectivity index (χ4v) is 3.44. The molecule has 1 unspecified atom stereocenters. The average Bonchev–Trinajstić information content (AvgIpc) is 2.72. The molecule has 0 aliphatic rings. The molecule has 2 aromatic rings. The molecule has 0 aliphatic carbocycles. The zero-order valence-electron chi connectivity index (χ0n) is 15.8. The maximum atomic E-state index is 11.4. The second-order valence-electron chi connectivity index (χ2n) is 5.49. The van der Waals surface area contributed by atoms with Crippen molar-refractivity contribution in [1.29, 1.82) is 0 Å². The summed E-state index contributed by atoms with van der Waals surface area (Å²) in [5.74, 6) is -1.01. The van der Waals surface area contributed by atoms with Crippen LogP contribution in [0.4, 0.5) is 11.4 Å². The van der Waals surface area contributed by atoms with Gasteiger partial charge in [0.05, 0.1) is 4.92 Å². The summed E-state index contributed by atoms with van der Waals surface area (Å²) in [5, 5.41) is 21.3. The molecule has 0 aliphatic heterocycles. The van der Waals surface area contributed by atoms with Gasteiger partial charge in [-0.1, -0.05) is 24.8 Å². The third-order valence-electron chi connectivity index (χ3n) is 3.26. The van der Waals surface area contributed by atoms with Crippen molar-refractivity contribution in [3.05, 3.63) is 76.9 Å². The summed E-state index contributed by atoms with van der Waals surface area (Å²) >= 11 is -4.83. The Morgan fingerprint density at radius 1 is 1.27 bits per heavy atom. The summed E-state index contributed by atoms with van der Waals surface area (Å²) < 4.78 is 28.6. The van der Waals surface area contributed by atoms with Gasteiger partial charge in [-0.15, -0.1) is 0 Å². The Morgan fingerprint density at radius 2 is 1.93 bits per heavy atom. The van der Waals surface area contributed by atoms with Gasteiger partial charge in [-0.2, -0.15) is 0 Å². The van der Waals surface area contributed by atoms with Crippen molar-refractivity contribution >= 4 is 41.8 Å². The van der Waals surface area contributed by atoms with Crippen molar-refractivity contribution in [2.75, 3.05) is 11.9 Å². The summed E-state index contributed by atoms with van der Waals surface area (Å²) in [4.78, 5) is 32.0. The van der Waals surface area contributed by atoms with E-state index in [9.17, 15) is 27.5 Å². The van der Waals surface area contributed by atoms with Gasteiger partial charge < -0.3 is 4.74 Å². The predicted octanol–water partition coefficient (Wildman–Crippen LogP) is 1.64. The Balaban J connectivity index is 0.000000300. The number of nitro benzene ring substituents is 1. The average molecular weight is 482 g/mol. The third-order valence-corrected chi connectivity index (χ3v) is 5.67. The van der Waals surface area contributed by atoms with Crippen LogP contribution >= 0.6 is 0 Å². The van der Waals surface area contributed by atoms with Crippen LogP contribution in [0.15, 0.2) is 61.2 Å². The van der Waals surface area contributed by atoms with E-state index in [1.54, 1.807) is 6.07 Å². The van der Waals surface area contributed by atoms with Crippen LogP contribution in [-0.4, -0.2) is 46.9 Å². The second kappa shape index (κ2) is 11.7. The van der Waals surface area contributed by atoms with Gasteiger partial charge in [-0.05, 0) is 6.07 Å². The van der Waals surface area contributed by atoms with Crippen LogP contribution in [0.2, 0.25) is 0 Å². The molecule has 0 radical (unpaired) electrons. The molecule has 0 aromatic heterocycles. The number of hydrogen-bond donors (Lipinski definition) is 3. The zero-order chi connectivity index (χ0) is 22.7. The van der Waals surface area contributed by atoms with Crippen molar-refractivity contribution in [2.45, 2.75) is 6.92 Å². The van der Waals surface area contributed by atoms with E-state index in [0.717, 1.165) is 0 Å². The van der Waals surface area contributed by atoms with Crippen LogP contribution in [0, 0.1) is 10.1 Å². The van der Waals surface area contributed by atoms with E-state index < -0.39 is 25.1 Å². The number of ether oxygens (including phenoxy) is 1. The Morgan fingerprint density at radius 3 is 2.50 bits per heavy atom. The normalized spacial score (nSPS) is 11.8. The summed E-state index contributed by atoms with van der Waals surface area (Å²) in [6.07, 6.45) is 1.40. The summed E-state index contributed by atoms with van der Waals surface area (Å²) in [5.41, 5.74) is 0.0589. The van der Waals surface area contributed by atoms with Crippen LogP contribution in [0.5, 0.6) is 0 Å². The van der Waals surface area contributed by atoms with Gasteiger partial charge in [0.15, 0.2) is 0 Å². The van der Waals surface area contributed by atoms with Gasteiger partial charge in [-0.25, -0.2) is 4.79 Å². The number of para-hydroxylation sites is 1. The molecule has 0 heterocycles. The van der Waals surface area contributed by atoms with Crippen molar-refractivity contribution in [3.63, 3.8) is 0 Å². The molecule has 2 rings (SSSR count). The van der Waals surface area contributed by atoms with Crippen molar-refractivity contribution in [2.24, 2.45) is 0 Å². The molecular weight excluding hydrogens is 463 g/mol. The molecular formula is C18H19AsN2O9. The molecule has 0 saturated heterocycles. The van der Waals surface area contributed by atoms with E-state index in [4.69, 9.17) is 9.99 Å². The number of hydrogen-bond acceptors (Lipinski definition) is 8. The Hall–Kier alpha value is -3.24. The molecule has 1 atom stereocenters. The standard InChI is InChI=1S/C10H9NO4.C8H10AsNO5/c1-2-7-15-10(12)8-5-3-4-6-9(8)11(13)14;1-6(11)10-8-4-2-3-7(5-8)9(12,13)15-14/h2-6H,1,7H2;2-5,14H,1H3,(H,10,11)(H,12,13). The Bertz CT molecular complexity index is 978. The van der Waals surface area contributed by atoms with E-state index in [1.807, 2.05) is 0 Å². The Kier molecular flexibility index (Phi) is 9.66. The minimum absolute atomic E-state index is 0.0326. The number of anilines is 1. The van der Waals surface area contributed by atoms with Crippen LogP contribution in [0.25, 0.3) is 0 Å². The number of benzene rings is 2. The minimum atomic E-state index is -4.83. The van der Waals surface area contributed by atoms with Gasteiger partial charge in [0.2, 0.25) is 0 Å². The SMILES string of the molecule is C=CCOC(=O)c1ccccc1[N+](=O)[O-].CC(=O)Nc1cccc([As](=O)(O)OO)c1. The molecule has 0 spiro atoms. The third kappa shape index (κ3) is 7.64. The number of carbonyl (C=O) groups excluding carboxylic acids is 2.